The zero-order valence-corrected chi connectivity index (χ0v) is 7.12. The molecule has 70 valence electrons. The molecule has 1 heterocycles. The lowest BCUT2D eigenvalue weighted by molar-refractivity contribution is 0.321. The second-order valence-corrected chi connectivity index (χ2v) is 2.69. The predicted molar refractivity (Wildman–Crippen MR) is 50.6 cm³/mol. The minimum atomic E-state index is 0.0810. The van der Waals surface area contributed by atoms with Gasteiger partial charge in [-0.1, -0.05) is 17.3 Å². The molecule has 0 spiro atoms. The molecule has 0 aliphatic rings. The fourth-order valence-corrected chi connectivity index (χ4v) is 1.17. The highest BCUT2D eigenvalue weighted by molar-refractivity contribution is 5.86. The fraction of sp³-hybridized carbons (Fsp3) is 0. The summed E-state index contributed by atoms with van der Waals surface area (Å²) < 4.78 is 0. The van der Waals surface area contributed by atoms with Gasteiger partial charge in [0.25, 0.3) is 0 Å². The fourth-order valence-electron chi connectivity index (χ4n) is 1.17. The Kier molecular flexibility index (Phi) is 1.98. The second kappa shape index (κ2) is 3.29. The van der Waals surface area contributed by atoms with Crippen molar-refractivity contribution in [3.63, 3.8) is 0 Å². The van der Waals surface area contributed by atoms with Crippen molar-refractivity contribution in [2.45, 2.75) is 0 Å². The molecule has 0 unspecified atom stereocenters. The number of rotatable bonds is 1. The Morgan fingerprint density at radius 2 is 2.21 bits per heavy atom. The van der Waals surface area contributed by atoms with Crippen LogP contribution in [0.4, 0.5) is 0 Å². The first-order valence-corrected chi connectivity index (χ1v) is 3.93. The van der Waals surface area contributed by atoms with Crippen LogP contribution >= 0.6 is 0 Å². The standard InChI is InChI=1S/C9H7N3O2/c13-7-3-1-2-6-4-10-8(5-11-14)12-9(6)7/h1-5,13-14H/b11-5+. The lowest BCUT2D eigenvalue weighted by Gasteiger charge is -1.99. The van der Waals surface area contributed by atoms with Gasteiger partial charge in [-0.2, -0.15) is 0 Å². The van der Waals surface area contributed by atoms with Crippen molar-refractivity contribution in [2.75, 3.05) is 0 Å². The Balaban J connectivity index is 2.69. The van der Waals surface area contributed by atoms with Crippen molar-refractivity contribution >= 4 is 17.1 Å². The van der Waals surface area contributed by atoms with Crippen LogP contribution in [0.3, 0.4) is 0 Å². The summed E-state index contributed by atoms with van der Waals surface area (Å²) in [6.07, 6.45) is 2.66. The Bertz CT molecular complexity index is 496. The summed E-state index contributed by atoms with van der Waals surface area (Å²) in [6.45, 7) is 0. The van der Waals surface area contributed by atoms with E-state index >= 15 is 0 Å². The van der Waals surface area contributed by atoms with Crippen molar-refractivity contribution in [3.05, 3.63) is 30.2 Å². The lowest BCUT2D eigenvalue weighted by Crippen LogP contribution is -1.93. The predicted octanol–water partition coefficient (Wildman–Crippen LogP) is 1.14. The average molecular weight is 189 g/mol. The molecule has 1 aromatic carbocycles. The molecule has 5 heteroatoms. The summed E-state index contributed by atoms with van der Waals surface area (Å²) in [4.78, 5) is 7.90. The number of hydrogen-bond acceptors (Lipinski definition) is 5. The van der Waals surface area contributed by atoms with Gasteiger partial charge in [-0.3, -0.25) is 0 Å². The zero-order chi connectivity index (χ0) is 9.97. The Morgan fingerprint density at radius 1 is 1.36 bits per heavy atom. The van der Waals surface area contributed by atoms with Crippen LogP contribution in [-0.4, -0.2) is 26.5 Å². The van der Waals surface area contributed by atoms with Gasteiger partial charge in [-0.15, -0.1) is 0 Å². The Morgan fingerprint density at radius 3 is 3.00 bits per heavy atom. The van der Waals surface area contributed by atoms with Gasteiger partial charge in [0.15, 0.2) is 5.82 Å². The van der Waals surface area contributed by atoms with Crippen LogP contribution in [0.15, 0.2) is 29.6 Å². The SMILES string of the molecule is O/N=C/c1ncc2cccc(O)c2n1. The van der Waals surface area contributed by atoms with Crippen molar-refractivity contribution in [1.29, 1.82) is 0 Å². The van der Waals surface area contributed by atoms with Crippen molar-refractivity contribution in [1.82, 2.24) is 9.97 Å². The molecule has 0 atom stereocenters. The third kappa shape index (κ3) is 1.35. The third-order valence-corrected chi connectivity index (χ3v) is 1.78. The number of phenols is 1. The quantitative estimate of drug-likeness (QED) is 0.400. The maximum absolute atomic E-state index is 9.47. The van der Waals surface area contributed by atoms with Gasteiger partial charge >= 0.3 is 0 Å². The Hall–Kier alpha value is -2.17. The Labute approximate surface area is 79.4 Å². The zero-order valence-electron chi connectivity index (χ0n) is 7.12. The third-order valence-electron chi connectivity index (χ3n) is 1.78. The van der Waals surface area contributed by atoms with Crippen molar-refractivity contribution < 1.29 is 10.3 Å². The molecule has 0 aliphatic heterocycles. The molecule has 0 saturated heterocycles. The smallest absolute Gasteiger partial charge is 0.174 e. The summed E-state index contributed by atoms with van der Waals surface area (Å²) in [7, 11) is 0. The molecule has 0 radical (unpaired) electrons. The van der Waals surface area contributed by atoms with E-state index in [9.17, 15) is 5.11 Å². The molecular weight excluding hydrogens is 182 g/mol. The van der Waals surface area contributed by atoms with Crippen molar-refractivity contribution in [3.8, 4) is 5.75 Å². The molecule has 2 rings (SSSR count). The maximum atomic E-state index is 9.47. The van der Waals surface area contributed by atoms with E-state index in [2.05, 4.69) is 15.1 Å². The van der Waals surface area contributed by atoms with Gasteiger partial charge in [-0.25, -0.2) is 9.97 Å². The van der Waals surface area contributed by atoms with Crippen LogP contribution in [-0.2, 0) is 0 Å². The summed E-state index contributed by atoms with van der Waals surface area (Å²) in [6, 6.07) is 5.03. The maximum Gasteiger partial charge on any atom is 0.174 e. The molecule has 0 fully saturated rings. The molecule has 5 nitrogen and oxygen atoms in total. The van der Waals surface area contributed by atoms with E-state index in [1.807, 2.05) is 0 Å². The number of para-hydroxylation sites is 1. The number of phenolic OH excluding ortho intramolecular Hbond substituents is 1. The van der Waals surface area contributed by atoms with E-state index in [1.165, 1.54) is 6.07 Å². The monoisotopic (exact) mass is 189 g/mol. The molecule has 2 aromatic rings. The van der Waals surface area contributed by atoms with Crippen LogP contribution in [0.5, 0.6) is 5.75 Å². The van der Waals surface area contributed by atoms with E-state index in [0.717, 1.165) is 11.6 Å². The number of aromatic hydroxyl groups is 1. The number of nitrogens with zero attached hydrogens (tertiary/aromatic N) is 3. The summed E-state index contributed by atoms with van der Waals surface area (Å²) in [5.74, 6) is 0.332. The molecule has 0 aliphatic carbocycles. The number of hydrogen-bond donors (Lipinski definition) is 2. The first-order chi connectivity index (χ1) is 6.81. The van der Waals surface area contributed by atoms with Gasteiger partial charge in [0.05, 0.1) is 0 Å². The summed E-state index contributed by atoms with van der Waals surface area (Å²) in [5, 5.41) is 21.3. The van der Waals surface area contributed by atoms with E-state index in [4.69, 9.17) is 5.21 Å². The van der Waals surface area contributed by atoms with Crippen LogP contribution in [0.1, 0.15) is 5.82 Å². The highest BCUT2D eigenvalue weighted by Gasteiger charge is 2.01. The molecule has 0 bridgehead atoms. The normalized spacial score (nSPS) is 11.1. The molecule has 2 N–H and O–H groups in total. The number of aromatic nitrogens is 2. The minimum Gasteiger partial charge on any atom is -0.506 e. The average Bonchev–Trinajstić information content (AvgIpc) is 2.20. The van der Waals surface area contributed by atoms with E-state index in [0.29, 0.717) is 5.52 Å². The topological polar surface area (TPSA) is 78.6 Å². The van der Waals surface area contributed by atoms with E-state index in [1.54, 1.807) is 18.3 Å². The first-order valence-electron chi connectivity index (χ1n) is 3.93. The van der Waals surface area contributed by atoms with E-state index in [-0.39, 0.29) is 11.6 Å². The molecular formula is C9H7N3O2. The van der Waals surface area contributed by atoms with Gasteiger partial charge in [0.1, 0.15) is 17.5 Å². The number of fused-ring (bicyclic) bond motifs is 1. The highest BCUT2D eigenvalue weighted by Crippen LogP contribution is 2.20. The van der Waals surface area contributed by atoms with E-state index < -0.39 is 0 Å². The van der Waals surface area contributed by atoms with Crippen LogP contribution in [0.25, 0.3) is 10.9 Å². The second-order valence-electron chi connectivity index (χ2n) is 2.69. The molecule has 14 heavy (non-hydrogen) atoms. The van der Waals surface area contributed by atoms with Crippen LogP contribution in [0.2, 0.25) is 0 Å². The number of benzene rings is 1. The molecule has 1 aromatic heterocycles. The van der Waals surface area contributed by atoms with Crippen molar-refractivity contribution in [2.24, 2.45) is 5.16 Å². The summed E-state index contributed by atoms with van der Waals surface area (Å²) in [5.41, 5.74) is 0.442. The number of oxime groups is 1. The van der Waals surface area contributed by atoms with Gasteiger partial charge in [-0.05, 0) is 6.07 Å². The molecule has 0 saturated carbocycles. The van der Waals surface area contributed by atoms with Gasteiger partial charge in [0, 0.05) is 11.6 Å². The van der Waals surface area contributed by atoms with Gasteiger partial charge in [0.2, 0.25) is 0 Å². The molecule has 0 amide bonds. The largest absolute Gasteiger partial charge is 0.506 e. The van der Waals surface area contributed by atoms with Crippen LogP contribution in [0, 0.1) is 0 Å². The summed E-state index contributed by atoms with van der Waals surface area (Å²) >= 11 is 0. The minimum absolute atomic E-state index is 0.0810. The van der Waals surface area contributed by atoms with Crippen LogP contribution < -0.4 is 0 Å². The lowest BCUT2D eigenvalue weighted by atomic mass is 10.2. The van der Waals surface area contributed by atoms with Gasteiger partial charge < -0.3 is 10.3 Å². The first kappa shape index (κ1) is 8.43. The highest BCUT2D eigenvalue weighted by atomic mass is 16.4.